The van der Waals surface area contributed by atoms with Gasteiger partial charge in [0.05, 0.1) is 6.61 Å². The van der Waals surface area contributed by atoms with Crippen LogP contribution in [0.25, 0.3) is 0 Å². The Labute approximate surface area is 204 Å². The zero-order valence-electron chi connectivity index (χ0n) is 21.3. The van der Waals surface area contributed by atoms with Crippen molar-refractivity contribution in [2.45, 2.75) is 84.0 Å². The van der Waals surface area contributed by atoms with Crippen LogP contribution in [0.2, 0.25) is 0 Å². The van der Waals surface area contributed by atoms with E-state index in [0.717, 1.165) is 30.7 Å². The van der Waals surface area contributed by atoms with Crippen LogP contribution >= 0.6 is 0 Å². The number of pyridine rings is 1. The largest absolute Gasteiger partial charge is 0.491 e. The van der Waals surface area contributed by atoms with Gasteiger partial charge >= 0.3 is 0 Å². The molecule has 1 aromatic carbocycles. The molecule has 6 nitrogen and oxygen atoms in total. The first-order chi connectivity index (χ1) is 16.4. The smallest absolute Gasteiger partial charge is 0.270 e. The Morgan fingerprint density at radius 2 is 1.85 bits per heavy atom. The Bertz CT molecular complexity index is 994. The summed E-state index contributed by atoms with van der Waals surface area (Å²) >= 11 is 0. The van der Waals surface area contributed by atoms with Gasteiger partial charge < -0.3 is 14.8 Å². The number of benzene rings is 1. The third-order valence-corrected chi connectivity index (χ3v) is 7.75. The summed E-state index contributed by atoms with van der Waals surface area (Å²) in [6.07, 6.45) is 5.22. The number of nitrogens with one attached hydrogen (secondary N) is 1. The molecule has 2 aliphatic rings. The van der Waals surface area contributed by atoms with Crippen LogP contribution < -0.4 is 10.1 Å². The van der Waals surface area contributed by atoms with Gasteiger partial charge in [0.15, 0.2) is 0 Å². The van der Waals surface area contributed by atoms with E-state index in [1.54, 1.807) is 7.11 Å². The van der Waals surface area contributed by atoms with Crippen LogP contribution in [0.4, 0.5) is 0 Å². The number of ether oxygens (including phenoxy) is 2. The fourth-order valence-electron chi connectivity index (χ4n) is 5.85. The highest BCUT2D eigenvalue weighted by molar-refractivity contribution is 5.92. The fourth-order valence-corrected chi connectivity index (χ4v) is 5.85. The first-order valence-electron chi connectivity index (χ1n) is 12.7. The second kappa shape index (κ2) is 10.9. The molecule has 184 valence electrons. The van der Waals surface area contributed by atoms with Crippen molar-refractivity contribution in [3.8, 4) is 5.75 Å². The van der Waals surface area contributed by atoms with Crippen LogP contribution in [-0.2, 0) is 11.2 Å². The predicted molar refractivity (Wildman–Crippen MR) is 134 cm³/mol. The normalized spacial score (nSPS) is 23.0. The number of aromatic nitrogens is 1. The van der Waals surface area contributed by atoms with E-state index in [-0.39, 0.29) is 11.9 Å². The molecule has 34 heavy (non-hydrogen) atoms. The molecule has 3 atom stereocenters. The van der Waals surface area contributed by atoms with Crippen molar-refractivity contribution in [1.29, 1.82) is 0 Å². The molecule has 0 saturated carbocycles. The topological polar surface area (TPSA) is 63.7 Å². The average Bonchev–Trinajstić information content (AvgIpc) is 3.11. The number of carbonyl (C=O) groups is 1. The Hall–Kier alpha value is -2.44. The van der Waals surface area contributed by atoms with Crippen molar-refractivity contribution < 1.29 is 14.3 Å². The molecule has 2 fully saturated rings. The molecule has 4 rings (SSSR count). The van der Waals surface area contributed by atoms with Crippen LogP contribution in [0, 0.1) is 13.8 Å². The van der Waals surface area contributed by atoms with Gasteiger partial charge in [0.1, 0.15) is 18.1 Å². The summed E-state index contributed by atoms with van der Waals surface area (Å²) in [4.78, 5) is 20.1. The van der Waals surface area contributed by atoms with E-state index in [1.807, 2.05) is 18.2 Å². The van der Waals surface area contributed by atoms with Gasteiger partial charge in [-0.3, -0.25) is 9.69 Å². The number of methoxy groups -OCH3 is 1. The molecule has 1 aromatic heterocycles. The summed E-state index contributed by atoms with van der Waals surface area (Å²) in [5.41, 5.74) is 5.37. The lowest BCUT2D eigenvalue weighted by Crippen LogP contribution is -2.51. The SMILES string of the molecule is CCc1cccc(C(=O)NC2CC3CCC(C2)N3C(C)c2ccc(OCCOC)c(C)c2C)n1. The van der Waals surface area contributed by atoms with E-state index in [1.165, 1.54) is 29.5 Å². The monoisotopic (exact) mass is 465 g/mol. The van der Waals surface area contributed by atoms with E-state index in [0.29, 0.717) is 37.0 Å². The maximum atomic E-state index is 12.9. The number of rotatable bonds is 9. The third kappa shape index (κ3) is 5.13. The predicted octanol–water partition coefficient (Wildman–Crippen LogP) is 4.77. The summed E-state index contributed by atoms with van der Waals surface area (Å²) in [6.45, 7) is 9.89. The van der Waals surface area contributed by atoms with Crippen LogP contribution in [0.5, 0.6) is 5.75 Å². The van der Waals surface area contributed by atoms with Crippen LogP contribution in [0.15, 0.2) is 30.3 Å². The van der Waals surface area contributed by atoms with Gasteiger partial charge in [-0.25, -0.2) is 4.98 Å². The second-order valence-electron chi connectivity index (χ2n) is 9.76. The summed E-state index contributed by atoms with van der Waals surface area (Å²) in [6, 6.07) is 11.6. The molecule has 0 aliphatic carbocycles. The van der Waals surface area contributed by atoms with Gasteiger partial charge in [0.2, 0.25) is 0 Å². The van der Waals surface area contributed by atoms with Gasteiger partial charge in [-0.05, 0) is 87.8 Å². The average molecular weight is 466 g/mol. The van der Waals surface area contributed by atoms with Gasteiger partial charge in [0.25, 0.3) is 5.91 Å². The Balaban J connectivity index is 1.42. The summed E-state index contributed by atoms with van der Waals surface area (Å²) < 4.78 is 11.0. The molecule has 1 amide bonds. The molecular formula is C28H39N3O3. The summed E-state index contributed by atoms with van der Waals surface area (Å²) in [7, 11) is 1.69. The first kappa shape index (κ1) is 24.7. The number of amides is 1. The van der Waals surface area contributed by atoms with E-state index >= 15 is 0 Å². The lowest BCUT2D eigenvalue weighted by atomic mass is 9.91. The Morgan fingerprint density at radius 3 is 2.53 bits per heavy atom. The lowest BCUT2D eigenvalue weighted by Gasteiger charge is -2.43. The number of nitrogens with zero attached hydrogens (tertiary/aromatic N) is 2. The van der Waals surface area contributed by atoms with E-state index in [9.17, 15) is 4.79 Å². The standard InChI is InChI=1S/C28H39N3O3/c1-6-21-8-7-9-26(29-21)28(32)30-22-16-23-10-11-24(17-22)31(23)20(4)25-12-13-27(19(3)18(25)2)34-15-14-33-5/h7-9,12-13,20,22-24H,6,10-11,14-17H2,1-5H3,(H,30,32). The van der Waals surface area contributed by atoms with E-state index in [4.69, 9.17) is 9.47 Å². The second-order valence-corrected chi connectivity index (χ2v) is 9.76. The van der Waals surface area contributed by atoms with Gasteiger partial charge in [-0.1, -0.05) is 19.1 Å². The van der Waals surface area contributed by atoms with Gasteiger partial charge in [-0.15, -0.1) is 0 Å². The number of hydrogen-bond donors (Lipinski definition) is 1. The van der Waals surface area contributed by atoms with Crippen molar-refractivity contribution in [2.75, 3.05) is 20.3 Å². The zero-order valence-corrected chi connectivity index (χ0v) is 21.3. The molecule has 0 spiro atoms. The molecular weight excluding hydrogens is 426 g/mol. The van der Waals surface area contributed by atoms with E-state index < -0.39 is 0 Å². The van der Waals surface area contributed by atoms with E-state index in [2.05, 4.69) is 55.0 Å². The van der Waals surface area contributed by atoms with Crippen LogP contribution in [0.3, 0.4) is 0 Å². The van der Waals surface area contributed by atoms with Crippen molar-refractivity contribution >= 4 is 5.91 Å². The Kier molecular flexibility index (Phi) is 7.89. The zero-order chi connectivity index (χ0) is 24.2. The first-order valence-corrected chi connectivity index (χ1v) is 12.7. The molecule has 0 radical (unpaired) electrons. The minimum absolute atomic E-state index is 0.0447. The van der Waals surface area contributed by atoms with Crippen molar-refractivity contribution in [1.82, 2.24) is 15.2 Å². The minimum Gasteiger partial charge on any atom is -0.491 e. The number of fused-ring (bicyclic) bond motifs is 2. The van der Waals surface area contributed by atoms with Crippen molar-refractivity contribution in [3.05, 3.63) is 58.4 Å². The molecule has 6 heteroatoms. The Morgan fingerprint density at radius 1 is 1.12 bits per heavy atom. The highest BCUT2D eigenvalue weighted by Crippen LogP contribution is 2.43. The molecule has 2 saturated heterocycles. The summed E-state index contributed by atoms with van der Waals surface area (Å²) in [5.74, 6) is 0.896. The number of piperidine rings is 1. The molecule has 3 heterocycles. The van der Waals surface area contributed by atoms with Crippen molar-refractivity contribution in [2.24, 2.45) is 0 Å². The molecule has 2 bridgehead atoms. The number of aryl methyl sites for hydroxylation is 1. The van der Waals surface area contributed by atoms with Crippen LogP contribution in [0.1, 0.15) is 78.4 Å². The lowest BCUT2D eigenvalue weighted by molar-refractivity contribution is 0.0687. The molecule has 2 aromatic rings. The van der Waals surface area contributed by atoms with Crippen LogP contribution in [-0.4, -0.2) is 54.2 Å². The fraction of sp³-hybridized carbons (Fsp3) is 0.571. The van der Waals surface area contributed by atoms with Crippen molar-refractivity contribution in [3.63, 3.8) is 0 Å². The maximum absolute atomic E-state index is 12.9. The maximum Gasteiger partial charge on any atom is 0.270 e. The number of hydrogen-bond acceptors (Lipinski definition) is 5. The number of carbonyl (C=O) groups excluding carboxylic acids is 1. The molecule has 2 aliphatic heterocycles. The highest BCUT2D eigenvalue weighted by atomic mass is 16.5. The third-order valence-electron chi connectivity index (χ3n) is 7.75. The minimum atomic E-state index is -0.0447. The van der Waals surface area contributed by atoms with Gasteiger partial charge in [-0.2, -0.15) is 0 Å². The molecule has 1 N–H and O–H groups in total. The highest BCUT2D eigenvalue weighted by Gasteiger charge is 2.43. The summed E-state index contributed by atoms with van der Waals surface area (Å²) in [5, 5.41) is 3.28. The molecule has 3 unspecified atom stereocenters. The quantitative estimate of drug-likeness (QED) is 0.541. The van der Waals surface area contributed by atoms with Gasteiger partial charge in [0, 0.05) is 37.0 Å².